The second kappa shape index (κ2) is 15.5. The van der Waals surface area contributed by atoms with Crippen LogP contribution >= 0.6 is 0 Å². The molecule has 10 nitrogen and oxygen atoms in total. The molecule has 0 aliphatic rings. The van der Waals surface area contributed by atoms with Gasteiger partial charge in [-0.2, -0.15) is 0 Å². The monoisotopic (exact) mass is 884 g/mol. The van der Waals surface area contributed by atoms with Gasteiger partial charge in [0.05, 0.1) is 57.4 Å². The summed E-state index contributed by atoms with van der Waals surface area (Å²) in [6.45, 7) is 0. The molecule has 8 aromatic heterocycles. The average molecular weight is 885 g/mol. The van der Waals surface area contributed by atoms with E-state index < -0.39 is 0 Å². The first-order valence-electron chi connectivity index (χ1n) is 22.8. The Morgan fingerprint density at radius 3 is 1.25 bits per heavy atom. The van der Waals surface area contributed by atoms with Crippen LogP contribution < -0.4 is 0 Å². The summed E-state index contributed by atoms with van der Waals surface area (Å²) >= 11 is 0. The fourth-order valence-corrected chi connectivity index (χ4v) is 10.2. The molecular weight excluding hydrogens is 849 g/mol. The summed E-state index contributed by atoms with van der Waals surface area (Å²) in [7, 11) is 0. The molecule has 69 heavy (non-hydrogen) atoms. The Morgan fingerprint density at radius 2 is 0.696 bits per heavy atom. The summed E-state index contributed by atoms with van der Waals surface area (Å²) < 4.78 is 6.85. The largest absolute Gasteiger partial charge is 0.304 e. The third-order valence-corrected chi connectivity index (χ3v) is 13.2. The number of para-hydroxylation sites is 3. The highest BCUT2D eigenvalue weighted by Crippen LogP contribution is 2.44. The first-order valence-corrected chi connectivity index (χ1v) is 22.8. The Balaban J connectivity index is 1.14. The molecule has 0 atom stereocenters. The third kappa shape index (κ3) is 6.09. The molecule has 14 rings (SSSR count). The second-order valence-corrected chi connectivity index (χ2v) is 17.1. The quantitative estimate of drug-likeness (QED) is 0.157. The SMILES string of the molecule is c1ccc(-c2nc(-c3ccccc3)nc(-c3cccc(-c4cc(-n5c6ccccc6c6ccncc65)nc(-n5c6ccccc6c6ccncc65)c4-n4c5ccccc5c5ccncc54)c3)n2)cc1. The minimum Gasteiger partial charge on any atom is -0.304 e. The van der Waals surface area contributed by atoms with Crippen molar-refractivity contribution in [2.24, 2.45) is 0 Å². The summed E-state index contributed by atoms with van der Waals surface area (Å²) in [6, 6.07) is 62.7. The van der Waals surface area contributed by atoms with Crippen LogP contribution in [-0.4, -0.2) is 48.6 Å². The fraction of sp³-hybridized carbons (Fsp3) is 0. The molecule has 0 spiro atoms. The summed E-state index contributed by atoms with van der Waals surface area (Å²) in [4.78, 5) is 35.4. The lowest BCUT2D eigenvalue weighted by molar-refractivity contribution is 0.981. The van der Waals surface area contributed by atoms with Crippen molar-refractivity contribution >= 4 is 65.4 Å². The molecule has 0 radical (unpaired) electrons. The summed E-state index contributed by atoms with van der Waals surface area (Å²) in [6.07, 6.45) is 11.4. The maximum absolute atomic E-state index is 5.88. The van der Waals surface area contributed by atoms with E-state index in [0.717, 1.165) is 105 Å². The van der Waals surface area contributed by atoms with E-state index in [4.69, 9.17) is 29.9 Å². The van der Waals surface area contributed by atoms with Crippen LogP contribution in [0.2, 0.25) is 0 Å². The van der Waals surface area contributed by atoms with Crippen molar-refractivity contribution in [3.8, 4) is 62.6 Å². The molecule has 322 valence electrons. The summed E-state index contributed by atoms with van der Waals surface area (Å²) in [5, 5.41) is 6.56. The van der Waals surface area contributed by atoms with E-state index in [2.05, 4.69) is 140 Å². The van der Waals surface area contributed by atoms with Crippen LogP contribution in [0.1, 0.15) is 0 Å². The molecule has 0 unspecified atom stereocenters. The number of rotatable bonds is 7. The van der Waals surface area contributed by atoms with Gasteiger partial charge in [-0.1, -0.05) is 133 Å². The normalized spacial score (nSPS) is 11.8. The van der Waals surface area contributed by atoms with Gasteiger partial charge in [0.15, 0.2) is 23.3 Å². The van der Waals surface area contributed by atoms with Gasteiger partial charge < -0.3 is 4.57 Å². The van der Waals surface area contributed by atoms with Crippen molar-refractivity contribution in [1.82, 2.24) is 48.6 Å². The van der Waals surface area contributed by atoms with E-state index >= 15 is 0 Å². The maximum Gasteiger partial charge on any atom is 0.165 e. The molecule has 0 N–H and O–H groups in total. The topological polar surface area (TPSA) is 105 Å². The van der Waals surface area contributed by atoms with Crippen molar-refractivity contribution in [2.75, 3.05) is 0 Å². The van der Waals surface area contributed by atoms with Gasteiger partial charge >= 0.3 is 0 Å². The standard InChI is InChI=1S/C59H36N10/c1-3-14-37(15-4-1)56-64-57(38-16-5-2-6-17-38)66-58(65-56)40-19-13-18-39(32-40)47-33-54(67-48-23-10-7-20-41(48)44-26-29-60-34-51(44)67)63-59(69-50-25-12-9-22-43(50)46-28-31-62-36-53(46)69)55(47)68-49-24-11-8-21-42(49)45-27-30-61-35-52(45)68/h1-36H. The van der Waals surface area contributed by atoms with Crippen LogP contribution in [0.4, 0.5) is 0 Å². The smallest absolute Gasteiger partial charge is 0.165 e. The molecule has 0 saturated carbocycles. The number of nitrogens with zero attached hydrogens (tertiary/aromatic N) is 10. The molecule has 10 heteroatoms. The van der Waals surface area contributed by atoms with Crippen molar-refractivity contribution in [3.63, 3.8) is 0 Å². The third-order valence-electron chi connectivity index (χ3n) is 13.2. The number of aromatic nitrogens is 10. The van der Waals surface area contributed by atoms with Crippen molar-refractivity contribution in [2.45, 2.75) is 0 Å². The van der Waals surface area contributed by atoms with Gasteiger partial charge in [0.25, 0.3) is 0 Å². The van der Waals surface area contributed by atoms with E-state index in [1.165, 1.54) is 0 Å². The molecule has 0 amide bonds. The van der Waals surface area contributed by atoms with E-state index in [9.17, 15) is 0 Å². The molecule has 0 saturated heterocycles. The lowest BCUT2D eigenvalue weighted by Gasteiger charge is -2.22. The fourth-order valence-electron chi connectivity index (χ4n) is 10.2. The van der Waals surface area contributed by atoms with Gasteiger partial charge in [0, 0.05) is 73.2 Å². The zero-order chi connectivity index (χ0) is 45.4. The highest BCUT2D eigenvalue weighted by Gasteiger charge is 2.27. The Hall–Kier alpha value is -9.67. The predicted molar refractivity (Wildman–Crippen MR) is 276 cm³/mol. The van der Waals surface area contributed by atoms with Gasteiger partial charge in [0.1, 0.15) is 5.82 Å². The van der Waals surface area contributed by atoms with E-state index in [1.807, 2.05) is 97.8 Å². The minimum atomic E-state index is 0.559. The lowest BCUT2D eigenvalue weighted by atomic mass is 10.0. The first kappa shape index (κ1) is 38.6. The number of hydrogen-bond acceptors (Lipinski definition) is 7. The Bertz CT molecular complexity index is 4110. The van der Waals surface area contributed by atoms with E-state index in [1.54, 1.807) is 0 Å². The van der Waals surface area contributed by atoms with Crippen LogP contribution in [0.25, 0.3) is 128 Å². The lowest BCUT2D eigenvalue weighted by Crippen LogP contribution is -2.11. The van der Waals surface area contributed by atoms with Gasteiger partial charge in [-0.3, -0.25) is 24.1 Å². The van der Waals surface area contributed by atoms with Crippen molar-refractivity contribution in [1.29, 1.82) is 0 Å². The van der Waals surface area contributed by atoms with Crippen LogP contribution in [0.5, 0.6) is 0 Å². The zero-order valence-electron chi connectivity index (χ0n) is 36.8. The van der Waals surface area contributed by atoms with Gasteiger partial charge in [-0.25, -0.2) is 19.9 Å². The molecule has 0 aliphatic heterocycles. The first-order chi connectivity index (χ1) is 34.2. The molecular formula is C59H36N10. The Kier molecular flexibility index (Phi) is 8.65. The summed E-state index contributed by atoms with van der Waals surface area (Å²) in [5.74, 6) is 3.18. The highest BCUT2D eigenvalue weighted by molar-refractivity contribution is 6.13. The van der Waals surface area contributed by atoms with Gasteiger partial charge in [-0.15, -0.1) is 0 Å². The van der Waals surface area contributed by atoms with Crippen LogP contribution in [0.15, 0.2) is 219 Å². The van der Waals surface area contributed by atoms with Gasteiger partial charge in [0.2, 0.25) is 0 Å². The summed E-state index contributed by atoms with van der Waals surface area (Å²) in [5.41, 5.74) is 11.2. The van der Waals surface area contributed by atoms with Crippen LogP contribution in [0, 0.1) is 0 Å². The van der Waals surface area contributed by atoms with Crippen LogP contribution in [-0.2, 0) is 0 Å². The molecule has 6 aromatic carbocycles. The highest BCUT2D eigenvalue weighted by atomic mass is 15.2. The van der Waals surface area contributed by atoms with Crippen molar-refractivity contribution in [3.05, 3.63) is 219 Å². The number of fused-ring (bicyclic) bond motifs is 9. The van der Waals surface area contributed by atoms with Crippen LogP contribution in [0.3, 0.4) is 0 Å². The number of benzene rings is 6. The number of hydrogen-bond donors (Lipinski definition) is 0. The molecule has 14 aromatic rings. The van der Waals surface area contributed by atoms with Crippen molar-refractivity contribution < 1.29 is 0 Å². The average Bonchev–Trinajstić information content (AvgIpc) is 4.07. The Labute approximate surface area is 394 Å². The van der Waals surface area contributed by atoms with Gasteiger partial charge in [-0.05, 0) is 54.1 Å². The minimum absolute atomic E-state index is 0.559. The molecule has 0 fully saturated rings. The molecule has 8 heterocycles. The number of pyridine rings is 4. The van der Waals surface area contributed by atoms with E-state index in [0.29, 0.717) is 23.3 Å². The molecule has 0 bridgehead atoms. The Morgan fingerprint density at radius 1 is 0.290 bits per heavy atom. The predicted octanol–water partition coefficient (Wildman–Crippen LogP) is 13.4. The molecule has 0 aliphatic carbocycles. The zero-order valence-corrected chi connectivity index (χ0v) is 36.8. The maximum atomic E-state index is 5.88. The second-order valence-electron chi connectivity index (χ2n) is 17.1. The van der Waals surface area contributed by atoms with E-state index in [-0.39, 0.29) is 0 Å².